The second-order valence-electron chi connectivity index (χ2n) is 5.33. The predicted octanol–water partition coefficient (Wildman–Crippen LogP) is 4.83. The molecule has 0 aliphatic carbocycles. The summed E-state index contributed by atoms with van der Waals surface area (Å²) in [6.45, 7) is 2.89. The zero-order valence-corrected chi connectivity index (χ0v) is 13.6. The molecule has 4 heteroatoms. The van der Waals surface area contributed by atoms with E-state index < -0.39 is 0 Å². The highest BCUT2D eigenvalue weighted by atomic mass is 32.1. The first-order valence-corrected chi connectivity index (χ1v) is 8.13. The average Bonchev–Trinajstić information content (AvgIpc) is 2.97. The molecule has 0 aliphatic rings. The molecule has 112 valence electrons. The summed E-state index contributed by atoms with van der Waals surface area (Å²) in [4.78, 5) is 6.86. The third-order valence-electron chi connectivity index (χ3n) is 3.45. The maximum atomic E-state index is 4.66. The summed E-state index contributed by atoms with van der Waals surface area (Å²) in [5.41, 5.74) is 4.60. The number of para-hydroxylation sites is 1. The van der Waals surface area contributed by atoms with Gasteiger partial charge >= 0.3 is 0 Å². The molecule has 1 heterocycles. The van der Waals surface area contributed by atoms with Crippen LogP contribution < -0.4 is 10.2 Å². The SMILES string of the molecule is Cc1ccc(Nc2nc(CN(C)c3ccccc3)cs2)cc1. The largest absolute Gasteiger partial charge is 0.369 e. The zero-order valence-electron chi connectivity index (χ0n) is 12.8. The Morgan fingerprint density at radius 3 is 2.50 bits per heavy atom. The van der Waals surface area contributed by atoms with Crippen molar-refractivity contribution in [1.29, 1.82) is 0 Å². The Morgan fingerprint density at radius 1 is 1.05 bits per heavy atom. The Hall–Kier alpha value is -2.33. The van der Waals surface area contributed by atoms with Crippen molar-refractivity contribution >= 4 is 27.8 Å². The number of anilines is 3. The van der Waals surface area contributed by atoms with E-state index in [0.29, 0.717) is 0 Å². The fraction of sp³-hybridized carbons (Fsp3) is 0.167. The third kappa shape index (κ3) is 3.65. The number of aromatic nitrogens is 1. The molecule has 0 radical (unpaired) electrons. The molecule has 0 atom stereocenters. The van der Waals surface area contributed by atoms with E-state index >= 15 is 0 Å². The van der Waals surface area contributed by atoms with E-state index in [9.17, 15) is 0 Å². The Bertz CT molecular complexity index is 720. The van der Waals surface area contributed by atoms with Gasteiger partial charge in [-0.25, -0.2) is 4.98 Å². The highest BCUT2D eigenvalue weighted by molar-refractivity contribution is 7.13. The summed E-state index contributed by atoms with van der Waals surface area (Å²) in [5.74, 6) is 0. The maximum Gasteiger partial charge on any atom is 0.187 e. The van der Waals surface area contributed by atoms with Crippen LogP contribution in [0.2, 0.25) is 0 Å². The van der Waals surface area contributed by atoms with Crippen molar-refractivity contribution in [3.05, 3.63) is 71.2 Å². The topological polar surface area (TPSA) is 28.2 Å². The van der Waals surface area contributed by atoms with Gasteiger partial charge in [-0.05, 0) is 31.2 Å². The van der Waals surface area contributed by atoms with Crippen molar-refractivity contribution in [3.8, 4) is 0 Å². The zero-order chi connectivity index (χ0) is 15.4. The van der Waals surface area contributed by atoms with Crippen LogP contribution in [0.4, 0.5) is 16.5 Å². The van der Waals surface area contributed by atoms with Crippen LogP contribution in [0.25, 0.3) is 0 Å². The van der Waals surface area contributed by atoms with Gasteiger partial charge in [0.15, 0.2) is 5.13 Å². The van der Waals surface area contributed by atoms with Crippen LogP contribution in [0, 0.1) is 6.92 Å². The number of benzene rings is 2. The van der Waals surface area contributed by atoms with Crippen molar-refractivity contribution in [1.82, 2.24) is 4.98 Å². The van der Waals surface area contributed by atoms with Gasteiger partial charge in [-0.2, -0.15) is 0 Å². The standard InChI is InChI=1S/C18H19N3S/c1-14-8-10-15(11-9-14)19-18-20-16(13-22-18)12-21(2)17-6-4-3-5-7-17/h3-11,13H,12H2,1-2H3,(H,19,20). The van der Waals surface area contributed by atoms with Gasteiger partial charge in [0.2, 0.25) is 0 Å². The molecule has 1 N–H and O–H groups in total. The highest BCUT2D eigenvalue weighted by Gasteiger charge is 2.06. The number of hydrogen-bond acceptors (Lipinski definition) is 4. The highest BCUT2D eigenvalue weighted by Crippen LogP contribution is 2.23. The lowest BCUT2D eigenvalue weighted by atomic mass is 10.2. The molecule has 0 spiro atoms. The van der Waals surface area contributed by atoms with E-state index in [1.165, 1.54) is 11.3 Å². The van der Waals surface area contributed by atoms with Gasteiger partial charge in [-0.1, -0.05) is 35.9 Å². The average molecular weight is 309 g/mol. The monoisotopic (exact) mass is 309 g/mol. The molecule has 0 fully saturated rings. The number of nitrogens with zero attached hydrogens (tertiary/aromatic N) is 2. The predicted molar refractivity (Wildman–Crippen MR) is 95.1 cm³/mol. The molecule has 22 heavy (non-hydrogen) atoms. The summed E-state index contributed by atoms with van der Waals surface area (Å²) in [6, 6.07) is 18.7. The molecule has 1 aromatic heterocycles. The number of aryl methyl sites for hydroxylation is 1. The smallest absolute Gasteiger partial charge is 0.187 e. The fourth-order valence-corrected chi connectivity index (χ4v) is 2.94. The number of nitrogens with one attached hydrogen (secondary N) is 1. The van der Waals surface area contributed by atoms with Crippen molar-refractivity contribution in [2.45, 2.75) is 13.5 Å². The van der Waals surface area contributed by atoms with Crippen LogP contribution >= 0.6 is 11.3 Å². The summed E-state index contributed by atoms with van der Waals surface area (Å²) in [7, 11) is 2.09. The quantitative estimate of drug-likeness (QED) is 0.731. The van der Waals surface area contributed by atoms with E-state index in [-0.39, 0.29) is 0 Å². The Balaban J connectivity index is 1.65. The van der Waals surface area contributed by atoms with Gasteiger partial charge in [0.25, 0.3) is 0 Å². The van der Waals surface area contributed by atoms with Crippen molar-refractivity contribution in [2.24, 2.45) is 0 Å². The van der Waals surface area contributed by atoms with Crippen LogP contribution in [-0.4, -0.2) is 12.0 Å². The molecule has 3 nitrogen and oxygen atoms in total. The molecule has 0 amide bonds. The minimum absolute atomic E-state index is 0.802. The van der Waals surface area contributed by atoms with Crippen LogP contribution in [0.15, 0.2) is 60.0 Å². The minimum Gasteiger partial charge on any atom is -0.369 e. The first kappa shape index (κ1) is 14.6. The molecule has 0 aliphatic heterocycles. The van der Waals surface area contributed by atoms with Crippen molar-refractivity contribution < 1.29 is 0 Å². The van der Waals surface area contributed by atoms with Crippen molar-refractivity contribution in [2.75, 3.05) is 17.3 Å². The van der Waals surface area contributed by atoms with Crippen LogP contribution in [0.1, 0.15) is 11.3 Å². The molecular formula is C18H19N3S. The Morgan fingerprint density at radius 2 is 1.77 bits per heavy atom. The molecule has 0 unspecified atom stereocenters. The Kier molecular flexibility index (Phi) is 4.39. The van der Waals surface area contributed by atoms with Gasteiger partial charge in [0.05, 0.1) is 12.2 Å². The van der Waals surface area contributed by atoms with Crippen LogP contribution in [-0.2, 0) is 6.54 Å². The molecular weight excluding hydrogens is 290 g/mol. The molecule has 3 aromatic rings. The third-order valence-corrected chi connectivity index (χ3v) is 4.26. The van der Waals surface area contributed by atoms with E-state index in [1.807, 2.05) is 6.07 Å². The maximum absolute atomic E-state index is 4.66. The lowest BCUT2D eigenvalue weighted by Crippen LogP contribution is -2.16. The first-order valence-electron chi connectivity index (χ1n) is 7.25. The second kappa shape index (κ2) is 6.62. The summed E-state index contributed by atoms with van der Waals surface area (Å²) in [5, 5.41) is 6.39. The van der Waals surface area contributed by atoms with Crippen molar-refractivity contribution in [3.63, 3.8) is 0 Å². The van der Waals surface area contributed by atoms with Crippen LogP contribution in [0.5, 0.6) is 0 Å². The summed E-state index contributed by atoms with van der Waals surface area (Å²) >= 11 is 1.64. The molecule has 3 rings (SSSR count). The minimum atomic E-state index is 0.802. The number of hydrogen-bond donors (Lipinski definition) is 1. The molecule has 0 saturated carbocycles. The molecule has 0 saturated heterocycles. The number of thiazole rings is 1. The van der Waals surface area contributed by atoms with E-state index in [0.717, 1.165) is 23.1 Å². The van der Waals surface area contributed by atoms with Crippen LogP contribution in [0.3, 0.4) is 0 Å². The Labute approximate surface area is 135 Å². The lowest BCUT2D eigenvalue weighted by Gasteiger charge is -2.17. The second-order valence-corrected chi connectivity index (χ2v) is 6.18. The van der Waals surface area contributed by atoms with E-state index in [4.69, 9.17) is 0 Å². The fourth-order valence-electron chi connectivity index (χ4n) is 2.21. The lowest BCUT2D eigenvalue weighted by molar-refractivity contribution is 0.896. The summed E-state index contributed by atoms with van der Waals surface area (Å²) in [6.07, 6.45) is 0. The van der Waals surface area contributed by atoms with Gasteiger partial charge in [-0.15, -0.1) is 11.3 Å². The first-order chi connectivity index (χ1) is 10.7. The number of rotatable bonds is 5. The van der Waals surface area contributed by atoms with Gasteiger partial charge in [-0.3, -0.25) is 0 Å². The molecule has 2 aromatic carbocycles. The van der Waals surface area contributed by atoms with Gasteiger partial charge in [0.1, 0.15) is 0 Å². The normalized spacial score (nSPS) is 10.5. The summed E-state index contributed by atoms with van der Waals surface area (Å²) < 4.78 is 0. The molecule has 0 bridgehead atoms. The van der Waals surface area contributed by atoms with E-state index in [2.05, 4.69) is 83.1 Å². The van der Waals surface area contributed by atoms with Gasteiger partial charge in [0, 0.05) is 23.8 Å². The van der Waals surface area contributed by atoms with Gasteiger partial charge < -0.3 is 10.2 Å². The van der Waals surface area contributed by atoms with E-state index in [1.54, 1.807) is 11.3 Å².